The molecule has 8 heteroatoms. The highest BCUT2D eigenvalue weighted by Crippen LogP contribution is 2.41. The fourth-order valence-corrected chi connectivity index (χ4v) is 5.82. The number of hydrogen-bond donors (Lipinski definition) is 2. The number of likely N-dealkylation sites (tertiary alicyclic amines) is 1. The SMILES string of the molecule is COC(=O)[C@@H]1CCCN1CC(=O)c1ccc2[nH]c3c4c(c5c(c3c2c1)C(=O)NC5=O)CCC4. The fourth-order valence-electron chi connectivity index (χ4n) is 5.82. The highest BCUT2D eigenvalue weighted by atomic mass is 16.5. The van der Waals surface area contributed by atoms with Gasteiger partial charge in [-0.2, -0.15) is 0 Å². The average molecular weight is 445 g/mol. The third-order valence-corrected chi connectivity index (χ3v) is 7.31. The summed E-state index contributed by atoms with van der Waals surface area (Å²) in [5, 5.41) is 3.93. The second-order valence-corrected chi connectivity index (χ2v) is 9.05. The summed E-state index contributed by atoms with van der Waals surface area (Å²) in [6, 6.07) is 5.04. The van der Waals surface area contributed by atoms with Crippen LogP contribution < -0.4 is 5.32 Å². The number of aromatic amines is 1. The van der Waals surface area contributed by atoms with E-state index in [9.17, 15) is 19.2 Å². The van der Waals surface area contributed by atoms with Crippen LogP contribution in [0, 0.1) is 0 Å². The van der Waals surface area contributed by atoms with Crippen LogP contribution in [0.4, 0.5) is 0 Å². The maximum Gasteiger partial charge on any atom is 0.323 e. The van der Waals surface area contributed by atoms with E-state index in [1.54, 1.807) is 12.1 Å². The number of carbonyl (C=O) groups excluding carboxylic acids is 4. The van der Waals surface area contributed by atoms with Gasteiger partial charge in [0.25, 0.3) is 11.8 Å². The monoisotopic (exact) mass is 445 g/mol. The summed E-state index contributed by atoms with van der Waals surface area (Å²) in [6.45, 7) is 0.795. The van der Waals surface area contributed by atoms with Crippen LogP contribution in [0.25, 0.3) is 21.8 Å². The van der Waals surface area contributed by atoms with Gasteiger partial charge in [0.05, 0.1) is 30.3 Å². The van der Waals surface area contributed by atoms with E-state index in [0.717, 1.165) is 53.2 Å². The Labute approximate surface area is 189 Å². The number of hydrogen-bond acceptors (Lipinski definition) is 6. The van der Waals surface area contributed by atoms with E-state index in [1.165, 1.54) is 7.11 Å². The summed E-state index contributed by atoms with van der Waals surface area (Å²) in [5.74, 6) is -1.13. The van der Waals surface area contributed by atoms with Gasteiger partial charge in [-0.25, -0.2) is 0 Å². The Hall–Kier alpha value is -3.52. The van der Waals surface area contributed by atoms with Crippen LogP contribution in [0.15, 0.2) is 18.2 Å². The minimum atomic E-state index is -0.392. The summed E-state index contributed by atoms with van der Waals surface area (Å²) in [5.41, 5.74) is 5.19. The molecule has 2 aromatic carbocycles. The second kappa shape index (κ2) is 7.25. The van der Waals surface area contributed by atoms with Crippen LogP contribution in [-0.4, -0.2) is 59.7 Å². The highest BCUT2D eigenvalue weighted by Gasteiger charge is 2.37. The van der Waals surface area contributed by atoms with Crippen LogP contribution in [0.1, 0.15) is 61.5 Å². The number of ketones is 1. The smallest absolute Gasteiger partial charge is 0.323 e. The van der Waals surface area contributed by atoms with Gasteiger partial charge in [0.1, 0.15) is 6.04 Å². The van der Waals surface area contributed by atoms with Gasteiger partial charge >= 0.3 is 5.97 Å². The van der Waals surface area contributed by atoms with E-state index >= 15 is 0 Å². The largest absolute Gasteiger partial charge is 0.468 e. The first-order valence-electron chi connectivity index (χ1n) is 11.3. The van der Waals surface area contributed by atoms with Crippen molar-refractivity contribution in [1.82, 2.24) is 15.2 Å². The molecule has 0 unspecified atom stereocenters. The average Bonchev–Trinajstić information content (AvgIpc) is 3.57. The second-order valence-electron chi connectivity index (χ2n) is 9.05. The molecule has 0 saturated carbocycles. The zero-order valence-corrected chi connectivity index (χ0v) is 18.2. The lowest BCUT2D eigenvalue weighted by Gasteiger charge is -2.21. The Morgan fingerprint density at radius 1 is 1.09 bits per heavy atom. The van der Waals surface area contributed by atoms with Crippen molar-refractivity contribution in [2.24, 2.45) is 0 Å². The highest BCUT2D eigenvalue weighted by molar-refractivity contribution is 6.31. The van der Waals surface area contributed by atoms with Gasteiger partial charge in [0.15, 0.2) is 5.78 Å². The van der Waals surface area contributed by atoms with Gasteiger partial charge in [-0.3, -0.25) is 29.4 Å². The zero-order valence-electron chi connectivity index (χ0n) is 18.2. The first-order chi connectivity index (χ1) is 16.0. The van der Waals surface area contributed by atoms with Gasteiger partial charge in [0, 0.05) is 21.9 Å². The number of esters is 1. The molecule has 33 heavy (non-hydrogen) atoms. The number of carbonyl (C=O) groups is 4. The Morgan fingerprint density at radius 3 is 2.70 bits per heavy atom. The van der Waals surface area contributed by atoms with Crippen LogP contribution in [0.5, 0.6) is 0 Å². The Kier molecular flexibility index (Phi) is 4.42. The quantitative estimate of drug-likeness (QED) is 0.363. The maximum atomic E-state index is 13.2. The van der Waals surface area contributed by atoms with E-state index in [4.69, 9.17) is 4.74 Å². The normalized spacial score (nSPS) is 19.8. The minimum Gasteiger partial charge on any atom is -0.468 e. The molecule has 0 spiro atoms. The fraction of sp³-hybridized carbons (Fsp3) is 0.360. The molecule has 2 amide bonds. The van der Waals surface area contributed by atoms with Crippen LogP contribution in [-0.2, 0) is 22.4 Å². The summed E-state index contributed by atoms with van der Waals surface area (Å²) in [6.07, 6.45) is 4.10. The van der Waals surface area contributed by atoms with Gasteiger partial charge in [-0.15, -0.1) is 0 Å². The Balaban J connectivity index is 1.46. The number of nitrogens with one attached hydrogen (secondary N) is 2. The predicted octanol–water partition coefficient (Wildman–Crippen LogP) is 2.51. The van der Waals surface area contributed by atoms with E-state index in [-0.39, 0.29) is 30.1 Å². The summed E-state index contributed by atoms with van der Waals surface area (Å²) < 4.78 is 4.88. The van der Waals surface area contributed by atoms with Crippen molar-refractivity contribution in [3.8, 4) is 0 Å². The molecule has 2 N–H and O–H groups in total. The van der Waals surface area contributed by atoms with E-state index < -0.39 is 6.04 Å². The number of methoxy groups -OCH3 is 1. The number of rotatable bonds is 4. The molecule has 1 fully saturated rings. The van der Waals surface area contributed by atoms with Crippen molar-refractivity contribution >= 4 is 45.4 Å². The van der Waals surface area contributed by atoms with Crippen LogP contribution >= 0.6 is 0 Å². The summed E-state index contributed by atoms with van der Waals surface area (Å²) >= 11 is 0. The van der Waals surface area contributed by atoms with Crippen molar-refractivity contribution < 1.29 is 23.9 Å². The molecule has 2 aliphatic heterocycles. The van der Waals surface area contributed by atoms with Crippen LogP contribution in [0.2, 0.25) is 0 Å². The molecule has 3 aromatic rings. The molecule has 1 aromatic heterocycles. The molecule has 8 nitrogen and oxygen atoms in total. The molecular weight excluding hydrogens is 422 g/mol. The topological polar surface area (TPSA) is 109 Å². The van der Waals surface area contributed by atoms with Crippen molar-refractivity contribution in [1.29, 1.82) is 0 Å². The number of H-pyrrole nitrogens is 1. The van der Waals surface area contributed by atoms with E-state index in [0.29, 0.717) is 35.0 Å². The Bertz CT molecular complexity index is 1400. The molecule has 0 radical (unpaired) electrons. The molecule has 0 bridgehead atoms. The number of aromatic nitrogens is 1. The lowest BCUT2D eigenvalue weighted by molar-refractivity contribution is -0.145. The van der Waals surface area contributed by atoms with Crippen molar-refractivity contribution in [3.63, 3.8) is 0 Å². The molecule has 1 atom stereocenters. The van der Waals surface area contributed by atoms with Gasteiger partial charge < -0.3 is 9.72 Å². The lowest BCUT2D eigenvalue weighted by Crippen LogP contribution is -2.40. The molecule has 3 aliphatic rings. The molecule has 6 rings (SSSR count). The maximum absolute atomic E-state index is 13.2. The standard InChI is InChI=1S/C25H23N3O5/c1-33-25(32)17-6-3-9-28(17)11-18(29)12-7-8-16-15(10-12)19-21-20(23(30)27-24(21)31)13-4-2-5-14(13)22(19)26-16/h7-8,10,17,26H,2-6,9,11H2,1H3,(H,27,30,31)/t17-/m0/s1. The lowest BCUT2D eigenvalue weighted by atomic mass is 9.93. The molecular formula is C25H23N3O5. The first-order valence-corrected chi connectivity index (χ1v) is 11.3. The number of amides is 2. The molecule has 3 heterocycles. The van der Waals surface area contributed by atoms with Gasteiger partial charge in [0.2, 0.25) is 0 Å². The van der Waals surface area contributed by atoms with Gasteiger partial charge in [-0.05, 0) is 68.0 Å². The van der Waals surface area contributed by atoms with Gasteiger partial charge in [-0.1, -0.05) is 0 Å². The number of aryl methyl sites for hydroxylation is 1. The van der Waals surface area contributed by atoms with E-state index in [2.05, 4.69) is 10.3 Å². The minimum absolute atomic E-state index is 0.0969. The predicted molar refractivity (Wildman–Crippen MR) is 121 cm³/mol. The van der Waals surface area contributed by atoms with Crippen molar-refractivity contribution in [2.75, 3.05) is 20.2 Å². The third-order valence-electron chi connectivity index (χ3n) is 7.31. The number of imide groups is 1. The number of benzene rings is 2. The number of Topliss-reactive ketones (excluding diaryl/α,β-unsaturated/α-hetero) is 1. The van der Waals surface area contributed by atoms with E-state index in [1.807, 2.05) is 11.0 Å². The Morgan fingerprint density at radius 2 is 1.88 bits per heavy atom. The molecule has 1 aliphatic carbocycles. The zero-order chi connectivity index (χ0) is 22.9. The first kappa shape index (κ1) is 20.1. The molecule has 1 saturated heterocycles. The summed E-state index contributed by atoms with van der Waals surface area (Å²) in [4.78, 5) is 55.8. The third kappa shape index (κ3) is 2.87. The molecule has 168 valence electrons. The van der Waals surface area contributed by atoms with Crippen molar-refractivity contribution in [2.45, 2.75) is 38.1 Å². The van der Waals surface area contributed by atoms with Crippen molar-refractivity contribution in [3.05, 3.63) is 46.0 Å². The number of fused-ring (bicyclic) bond motifs is 8. The van der Waals surface area contributed by atoms with Crippen LogP contribution in [0.3, 0.4) is 0 Å². The summed E-state index contributed by atoms with van der Waals surface area (Å²) in [7, 11) is 1.36. The number of nitrogens with zero attached hydrogens (tertiary/aromatic N) is 1. The number of ether oxygens (including phenoxy) is 1.